The van der Waals surface area contributed by atoms with Crippen molar-refractivity contribution in [2.45, 2.75) is 29.0 Å². The minimum atomic E-state index is -5.21. The minimum Gasteiger partial charge on any atom is -0.441 e. The Morgan fingerprint density at radius 2 is 1.70 bits per heavy atom. The maximum atomic E-state index is 12.6. The lowest BCUT2D eigenvalue weighted by molar-refractivity contribution is -0.213. The average Bonchev–Trinajstić information content (AvgIpc) is 3.22. The van der Waals surface area contributed by atoms with Gasteiger partial charge in [-0.1, -0.05) is 60.7 Å². The molecule has 9 nitrogen and oxygen atoms in total. The molecule has 0 bridgehead atoms. The number of esters is 1. The van der Waals surface area contributed by atoms with Crippen molar-refractivity contribution in [1.29, 1.82) is 0 Å². The molecule has 1 aliphatic rings. The van der Waals surface area contributed by atoms with Gasteiger partial charge in [0.25, 0.3) is 16.0 Å². The number of halogens is 3. The van der Waals surface area contributed by atoms with Gasteiger partial charge in [-0.2, -0.15) is 26.7 Å². The fraction of sp³-hybridized carbons (Fsp3) is 0.208. The first-order valence-corrected chi connectivity index (χ1v) is 12.2. The number of hydrogen-bond acceptors (Lipinski definition) is 7. The zero-order valence-corrected chi connectivity index (χ0v) is 19.9. The maximum absolute atomic E-state index is 12.6. The third-order valence-electron chi connectivity index (χ3n) is 5.59. The molecule has 0 spiro atoms. The Morgan fingerprint density at radius 3 is 2.24 bits per heavy atom. The number of nitrogens with two attached hydrogens (primary N) is 1. The summed E-state index contributed by atoms with van der Waals surface area (Å²) < 4.78 is 72.9. The SMILES string of the molecule is NN=CC(c1ccccc1)[C@@]1(OC(=O)C(F)(F)F)CCNC1=O.O=S(=O)(O)c1ccc2ccccc2c1. The topological polar surface area (TPSA) is 148 Å². The molecule has 1 amide bonds. The zero-order valence-electron chi connectivity index (χ0n) is 19.1. The summed E-state index contributed by atoms with van der Waals surface area (Å²) in [6.07, 6.45) is -4.24. The summed E-state index contributed by atoms with van der Waals surface area (Å²) in [4.78, 5) is 23.4. The van der Waals surface area contributed by atoms with Crippen molar-refractivity contribution in [1.82, 2.24) is 5.32 Å². The number of ether oxygens (including phenoxy) is 1. The van der Waals surface area contributed by atoms with E-state index in [0.717, 1.165) is 17.0 Å². The van der Waals surface area contributed by atoms with Crippen LogP contribution >= 0.6 is 0 Å². The smallest absolute Gasteiger partial charge is 0.441 e. The van der Waals surface area contributed by atoms with Crippen molar-refractivity contribution in [3.63, 3.8) is 0 Å². The van der Waals surface area contributed by atoms with Crippen LogP contribution in [-0.4, -0.2) is 49.4 Å². The molecule has 3 aromatic carbocycles. The molecule has 0 radical (unpaired) electrons. The molecular formula is C24H22F3N3O6S. The van der Waals surface area contributed by atoms with Gasteiger partial charge in [0, 0.05) is 19.2 Å². The van der Waals surface area contributed by atoms with Crippen LogP contribution in [0.4, 0.5) is 13.2 Å². The zero-order chi connectivity index (χ0) is 27.3. The number of alkyl halides is 3. The lowest BCUT2D eigenvalue weighted by Gasteiger charge is -2.32. The first kappa shape index (κ1) is 27.6. The van der Waals surface area contributed by atoms with Crippen LogP contribution in [0.1, 0.15) is 17.9 Å². The van der Waals surface area contributed by atoms with Crippen LogP contribution in [0.3, 0.4) is 0 Å². The number of carbonyl (C=O) groups is 2. The van der Waals surface area contributed by atoms with Gasteiger partial charge in [-0.15, -0.1) is 0 Å². The molecule has 4 N–H and O–H groups in total. The van der Waals surface area contributed by atoms with Gasteiger partial charge in [0.2, 0.25) is 5.60 Å². The Labute approximate surface area is 209 Å². The first-order chi connectivity index (χ1) is 17.4. The normalized spacial score (nSPS) is 18.6. The third kappa shape index (κ3) is 6.43. The molecule has 4 rings (SSSR count). The number of rotatable bonds is 5. The third-order valence-corrected chi connectivity index (χ3v) is 6.44. The molecule has 1 fully saturated rings. The highest BCUT2D eigenvalue weighted by molar-refractivity contribution is 7.85. The van der Waals surface area contributed by atoms with Crippen LogP contribution < -0.4 is 11.2 Å². The molecule has 3 aromatic rings. The van der Waals surface area contributed by atoms with E-state index in [1.54, 1.807) is 42.5 Å². The van der Waals surface area contributed by atoms with Gasteiger partial charge >= 0.3 is 12.1 Å². The Kier molecular flexibility index (Phi) is 8.18. The monoisotopic (exact) mass is 537 g/mol. The summed E-state index contributed by atoms with van der Waals surface area (Å²) in [6.45, 7) is 0.0751. The summed E-state index contributed by atoms with van der Waals surface area (Å²) >= 11 is 0. The van der Waals surface area contributed by atoms with E-state index >= 15 is 0 Å². The van der Waals surface area contributed by atoms with E-state index < -0.39 is 39.7 Å². The predicted octanol–water partition coefficient (Wildman–Crippen LogP) is 3.17. The molecule has 1 aliphatic heterocycles. The summed E-state index contributed by atoms with van der Waals surface area (Å²) in [7, 11) is -4.09. The lowest BCUT2D eigenvalue weighted by Crippen LogP contribution is -2.50. The van der Waals surface area contributed by atoms with Gasteiger partial charge < -0.3 is 15.9 Å². The molecule has 1 saturated heterocycles. The van der Waals surface area contributed by atoms with E-state index in [4.69, 9.17) is 10.4 Å². The van der Waals surface area contributed by atoms with E-state index in [-0.39, 0.29) is 17.9 Å². The summed E-state index contributed by atoms with van der Waals surface area (Å²) in [5, 5.41) is 7.46. The maximum Gasteiger partial charge on any atom is 0.490 e. The summed E-state index contributed by atoms with van der Waals surface area (Å²) in [5.41, 5.74) is -1.59. The second kappa shape index (κ2) is 11.0. The highest BCUT2D eigenvalue weighted by atomic mass is 32.2. The molecule has 1 heterocycles. The molecule has 1 unspecified atom stereocenters. The van der Waals surface area contributed by atoms with Crippen molar-refractivity contribution < 1.29 is 40.5 Å². The highest BCUT2D eigenvalue weighted by Gasteiger charge is 2.56. The van der Waals surface area contributed by atoms with Crippen molar-refractivity contribution >= 4 is 39.0 Å². The number of benzene rings is 3. The number of fused-ring (bicyclic) bond motifs is 1. The van der Waals surface area contributed by atoms with Crippen molar-refractivity contribution in [2.75, 3.05) is 6.54 Å². The van der Waals surface area contributed by atoms with Gasteiger partial charge in [0.05, 0.1) is 10.8 Å². The molecule has 196 valence electrons. The van der Waals surface area contributed by atoms with E-state index in [9.17, 15) is 31.2 Å². The fourth-order valence-electron chi connectivity index (χ4n) is 3.86. The van der Waals surface area contributed by atoms with Crippen LogP contribution in [-0.2, 0) is 24.4 Å². The predicted molar refractivity (Wildman–Crippen MR) is 128 cm³/mol. The molecule has 13 heteroatoms. The molecule has 0 saturated carbocycles. The fourth-order valence-corrected chi connectivity index (χ4v) is 4.37. The molecule has 37 heavy (non-hydrogen) atoms. The number of amides is 1. The van der Waals surface area contributed by atoms with E-state index in [0.29, 0.717) is 5.56 Å². The molecule has 0 aromatic heterocycles. The molecular weight excluding hydrogens is 515 g/mol. The number of nitrogens with one attached hydrogen (secondary N) is 1. The molecule has 0 aliphatic carbocycles. The van der Waals surface area contributed by atoms with Gasteiger partial charge in [-0.05, 0) is 28.5 Å². The van der Waals surface area contributed by atoms with Gasteiger partial charge in [0.15, 0.2) is 0 Å². The highest BCUT2D eigenvalue weighted by Crippen LogP contribution is 2.38. The van der Waals surface area contributed by atoms with Crippen LogP contribution in [0.25, 0.3) is 10.8 Å². The largest absolute Gasteiger partial charge is 0.490 e. The quantitative estimate of drug-likeness (QED) is 0.149. The van der Waals surface area contributed by atoms with Crippen LogP contribution in [0, 0.1) is 0 Å². The van der Waals surface area contributed by atoms with Crippen LogP contribution in [0.15, 0.2) is 82.8 Å². The number of nitrogens with zero attached hydrogens (tertiary/aromatic N) is 1. The summed E-state index contributed by atoms with van der Waals surface area (Å²) in [5.74, 6) is 0.845. The Balaban J connectivity index is 0.000000231. The van der Waals surface area contributed by atoms with Gasteiger partial charge in [-0.25, -0.2) is 4.79 Å². The Hall–Kier alpha value is -3.97. The second-order valence-electron chi connectivity index (χ2n) is 7.95. The number of hydrogen-bond donors (Lipinski definition) is 3. The van der Waals surface area contributed by atoms with E-state index in [1.807, 2.05) is 18.2 Å². The van der Waals surface area contributed by atoms with Gasteiger partial charge in [-0.3, -0.25) is 9.35 Å². The summed E-state index contributed by atoms with van der Waals surface area (Å²) in [6, 6.07) is 20.0. The van der Waals surface area contributed by atoms with Crippen molar-refractivity contribution in [2.24, 2.45) is 10.9 Å². The number of carbonyl (C=O) groups excluding carboxylic acids is 2. The van der Waals surface area contributed by atoms with Crippen molar-refractivity contribution in [3.8, 4) is 0 Å². The van der Waals surface area contributed by atoms with Gasteiger partial charge in [0.1, 0.15) is 0 Å². The molecule has 2 atom stereocenters. The Bertz CT molecular complexity index is 1410. The average molecular weight is 538 g/mol. The van der Waals surface area contributed by atoms with Crippen LogP contribution in [0.5, 0.6) is 0 Å². The van der Waals surface area contributed by atoms with E-state index in [2.05, 4.69) is 15.2 Å². The second-order valence-corrected chi connectivity index (χ2v) is 9.37. The van der Waals surface area contributed by atoms with Crippen molar-refractivity contribution in [3.05, 3.63) is 78.4 Å². The standard InChI is InChI=1S/C14H14F3N3O3.C10H8O3S/c15-14(16,17)12(22)23-13(6-7-19-11(13)21)10(8-20-18)9-4-2-1-3-5-9;11-14(12,13)10-6-5-8-3-1-2-4-9(8)7-10/h1-5,8,10H,6-7,18H2,(H,19,21);1-7H,(H,11,12,13)/t10?,13-;/m0./s1. The van der Waals surface area contributed by atoms with E-state index in [1.165, 1.54) is 12.1 Å². The Morgan fingerprint density at radius 1 is 1.08 bits per heavy atom. The number of hydrazone groups is 1. The lowest BCUT2D eigenvalue weighted by atomic mass is 9.81. The first-order valence-electron chi connectivity index (χ1n) is 10.7. The minimum absolute atomic E-state index is 0.0730. The van der Waals surface area contributed by atoms with Crippen LogP contribution in [0.2, 0.25) is 0 Å².